The zero-order valence-electron chi connectivity index (χ0n) is 8.57. The van der Waals surface area contributed by atoms with Gasteiger partial charge in [-0.05, 0) is 20.8 Å². The van der Waals surface area contributed by atoms with Crippen molar-refractivity contribution in [2.24, 2.45) is 0 Å². The second-order valence-corrected chi connectivity index (χ2v) is 3.00. The number of carbonyl (C=O) groups is 1. The highest BCUT2D eigenvalue weighted by Gasteiger charge is 2.20. The van der Waals surface area contributed by atoms with Crippen LogP contribution < -0.4 is 5.56 Å². The Bertz CT molecular complexity index is 414. The molecule has 0 aliphatic rings. The summed E-state index contributed by atoms with van der Waals surface area (Å²) in [5.74, 6) is -1.15. The van der Waals surface area contributed by atoms with Crippen LogP contribution in [-0.2, 0) is 13.1 Å². The van der Waals surface area contributed by atoms with Gasteiger partial charge in [0.2, 0.25) is 0 Å². The Balaban J connectivity index is 3.55. The highest BCUT2D eigenvalue weighted by atomic mass is 16.4. The lowest BCUT2D eigenvalue weighted by Gasteiger charge is -2.08. The molecule has 1 aromatic rings. The third-order valence-electron chi connectivity index (χ3n) is 2.30. The Morgan fingerprint density at radius 2 is 1.79 bits per heavy atom. The van der Waals surface area contributed by atoms with Gasteiger partial charge in [0.15, 0.2) is 0 Å². The molecular formula is C9H14N2O3. The van der Waals surface area contributed by atoms with Crippen LogP contribution in [0.1, 0.15) is 29.9 Å². The van der Waals surface area contributed by atoms with Crippen LogP contribution in [0.15, 0.2) is 4.79 Å². The fourth-order valence-electron chi connectivity index (χ4n) is 1.67. The molecule has 5 nitrogen and oxygen atoms in total. The maximum absolute atomic E-state index is 11.6. The SMILES string of the molecule is CCn1c(C)c(C(=O)O)c(=O)n1CC. The molecule has 14 heavy (non-hydrogen) atoms. The number of rotatable bonds is 3. The normalized spacial score (nSPS) is 10.5. The van der Waals surface area contributed by atoms with Gasteiger partial charge in [-0.25, -0.2) is 4.79 Å². The van der Waals surface area contributed by atoms with Gasteiger partial charge < -0.3 is 5.11 Å². The fourth-order valence-corrected chi connectivity index (χ4v) is 1.67. The van der Waals surface area contributed by atoms with E-state index in [9.17, 15) is 9.59 Å². The van der Waals surface area contributed by atoms with Gasteiger partial charge in [0.1, 0.15) is 5.56 Å². The van der Waals surface area contributed by atoms with Crippen LogP contribution in [0, 0.1) is 6.92 Å². The molecular weight excluding hydrogens is 184 g/mol. The van der Waals surface area contributed by atoms with Crippen molar-refractivity contribution in [3.63, 3.8) is 0 Å². The van der Waals surface area contributed by atoms with Crippen LogP contribution in [-0.4, -0.2) is 20.4 Å². The molecule has 0 aromatic carbocycles. The molecule has 1 aromatic heterocycles. The maximum atomic E-state index is 11.6. The number of carboxylic acids is 1. The number of hydrogen-bond donors (Lipinski definition) is 1. The molecule has 1 N–H and O–H groups in total. The summed E-state index contributed by atoms with van der Waals surface area (Å²) < 4.78 is 3.13. The molecule has 0 amide bonds. The van der Waals surface area contributed by atoms with Gasteiger partial charge in [-0.3, -0.25) is 14.2 Å². The van der Waals surface area contributed by atoms with Crippen molar-refractivity contribution >= 4 is 5.97 Å². The van der Waals surface area contributed by atoms with Crippen LogP contribution in [0.25, 0.3) is 0 Å². The first-order chi connectivity index (χ1) is 6.54. The number of nitrogens with zero attached hydrogens (tertiary/aromatic N) is 2. The summed E-state index contributed by atoms with van der Waals surface area (Å²) in [5, 5.41) is 8.85. The number of hydrogen-bond acceptors (Lipinski definition) is 2. The van der Waals surface area contributed by atoms with Crippen molar-refractivity contribution in [3.05, 3.63) is 21.6 Å². The first-order valence-electron chi connectivity index (χ1n) is 4.58. The van der Waals surface area contributed by atoms with Crippen molar-refractivity contribution in [3.8, 4) is 0 Å². The van der Waals surface area contributed by atoms with Gasteiger partial charge >= 0.3 is 5.97 Å². The van der Waals surface area contributed by atoms with Gasteiger partial charge in [0.25, 0.3) is 5.56 Å². The predicted molar refractivity (Wildman–Crippen MR) is 51.7 cm³/mol. The van der Waals surface area contributed by atoms with Crippen LogP contribution in [0.3, 0.4) is 0 Å². The molecule has 5 heteroatoms. The average molecular weight is 198 g/mol. The number of aromatic nitrogens is 2. The predicted octanol–water partition coefficient (Wildman–Crippen LogP) is 0.696. The molecule has 0 bridgehead atoms. The van der Waals surface area contributed by atoms with Crippen molar-refractivity contribution < 1.29 is 9.90 Å². The Hall–Kier alpha value is -1.52. The zero-order chi connectivity index (χ0) is 10.9. The molecule has 0 saturated carbocycles. The summed E-state index contributed by atoms with van der Waals surface area (Å²) in [5.41, 5.74) is -0.0140. The second kappa shape index (κ2) is 3.69. The van der Waals surface area contributed by atoms with E-state index in [1.54, 1.807) is 11.6 Å². The van der Waals surface area contributed by atoms with Gasteiger partial charge in [-0.15, -0.1) is 0 Å². The molecule has 0 fully saturated rings. The van der Waals surface area contributed by atoms with Gasteiger partial charge in [0.05, 0.1) is 5.69 Å². The van der Waals surface area contributed by atoms with Crippen LogP contribution >= 0.6 is 0 Å². The maximum Gasteiger partial charge on any atom is 0.343 e. The van der Waals surface area contributed by atoms with Gasteiger partial charge in [0, 0.05) is 13.1 Å². The molecule has 0 atom stereocenters. The third-order valence-corrected chi connectivity index (χ3v) is 2.30. The van der Waals surface area contributed by atoms with E-state index in [4.69, 9.17) is 5.11 Å². The van der Waals surface area contributed by atoms with Crippen LogP contribution in [0.5, 0.6) is 0 Å². The molecule has 1 rings (SSSR count). The van der Waals surface area contributed by atoms with Gasteiger partial charge in [-0.1, -0.05) is 0 Å². The summed E-state index contributed by atoms with van der Waals surface area (Å²) in [6.07, 6.45) is 0. The van der Waals surface area contributed by atoms with Crippen molar-refractivity contribution in [2.45, 2.75) is 33.9 Å². The van der Waals surface area contributed by atoms with E-state index in [1.165, 1.54) is 4.68 Å². The van der Waals surface area contributed by atoms with Crippen molar-refractivity contribution in [2.75, 3.05) is 0 Å². The smallest absolute Gasteiger partial charge is 0.343 e. The molecule has 0 unspecified atom stereocenters. The molecule has 0 aliphatic heterocycles. The quantitative estimate of drug-likeness (QED) is 0.777. The molecule has 78 valence electrons. The number of aromatic carboxylic acids is 1. The van der Waals surface area contributed by atoms with Crippen molar-refractivity contribution in [1.29, 1.82) is 0 Å². The van der Waals surface area contributed by atoms with E-state index in [1.807, 2.05) is 13.8 Å². The van der Waals surface area contributed by atoms with Gasteiger partial charge in [-0.2, -0.15) is 0 Å². The van der Waals surface area contributed by atoms with Crippen molar-refractivity contribution in [1.82, 2.24) is 9.36 Å². The van der Waals surface area contributed by atoms with E-state index in [-0.39, 0.29) is 5.56 Å². The minimum absolute atomic E-state index is 0.117. The first-order valence-corrected chi connectivity index (χ1v) is 4.58. The van der Waals surface area contributed by atoms with E-state index in [0.717, 1.165) is 0 Å². The lowest BCUT2D eigenvalue weighted by molar-refractivity contribution is 0.0694. The Labute approximate surface area is 81.6 Å². The summed E-state index contributed by atoms with van der Waals surface area (Å²) in [4.78, 5) is 22.4. The van der Waals surface area contributed by atoms with E-state index in [2.05, 4.69) is 0 Å². The zero-order valence-corrected chi connectivity index (χ0v) is 8.57. The first kappa shape index (κ1) is 10.6. The Kier molecular flexibility index (Phi) is 2.78. The lowest BCUT2D eigenvalue weighted by atomic mass is 10.2. The van der Waals surface area contributed by atoms with E-state index in [0.29, 0.717) is 18.8 Å². The minimum Gasteiger partial charge on any atom is -0.477 e. The fraction of sp³-hybridized carbons (Fsp3) is 0.556. The monoisotopic (exact) mass is 198 g/mol. The summed E-state index contributed by atoms with van der Waals surface area (Å²) in [7, 11) is 0. The Morgan fingerprint density at radius 3 is 2.07 bits per heavy atom. The highest BCUT2D eigenvalue weighted by molar-refractivity contribution is 5.88. The largest absolute Gasteiger partial charge is 0.477 e. The van der Waals surface area contributed by atoms with E-state index >= 15 is 0 Å². The summed E-state index contributed by atoms with van der Waals surface area (Å²) >= 11 is 0. The second-order valence-electron chi connectivity index (χ2n) is 3.00. The number of carboxylic acid groups (broad SMARTS) is 1. The summed E-state index contributed by atoms with van der Waals surface area (Å²) in [6.45, 7) is 6.44. The average Bonchev–Trinajstić information content (AvgIpc) is 2.36. The molecule has 0 aliphatic carbocycles. The highest BCUT2D eigenvalue weighted by Crippen LogP contribution is 2.04. The minimum atomic E-state index is -1.15. The third kappa shape index (κ3) is 1.34. The molecule has 0 saturated heterocycles. The van der Waals surface area contributed by atoms with Crippen LogP contribution in [0.4, 0.5) is 0 Å². The molecule has 0 radical (unpaired) electrons. The van der Waals surface area contributed by atoms with Crippen LogP contribution in [0.2, 0.25) is 0 Å². The topological polar surface area (TPSA) is 64.2 Å². The standard InChI is InChI=1S/C9H14N2O3/c1-4-10-6(3)7(9(13)14)8(12)11(10)5-2/h4-5H2,1-3H3,(H,13,14). The molecule has 1 heterocycles. The van der Waals surface area contributed by atoms with E-state index < -0.39 is 11.5 Å². The summed E-state index contributed by atoms with van der Waals surface area (Å²) in [6, 6.07) is 0. The Morgan fingerprint density at radius 1 is 1.29 bits per heavy atom. The molecule has 0 spiro atoms. The lowest BCUT2D eigenvalue weighted by Crippen LogP contribution is -2.24.